The van der Waals surface area contributed by atoms with Gasteiger partial charge in [-0.15, -0.1) is 0 Å². The van der Waals surface area contributed by atoms with Gasteiger partial charge in [0.15, 0.2) is 16.8 Å². The standard InChI is InChI=1S/C12H7F2N3OS/c13-9-3-1-2-7(10(9)14)6-19-12-16-5-8(4-15)11(18)17-12/h1-3,5H,6H2,(H,16,17,18). The molecule has 1 N–H and O–H groups in total. The Morgan fingerprint density at radius 1 is 1.42 bits per heavy atom. The zero-order valence-corrected chi connectivity index (χ0v) is 10.3. The summed E-state index contributed by atoms with van der Waals surface area (Å²) < 4.78 is 26.4. The van der Waals surface area contributed by atoms with E-state index in [2.05, 4.69) is 9.97 Å². The Morgan fingerprint density at radius 2 is 2.21 bits per heavy atom. The highest BCUT2D eigenvalue weighted by Gasteiger charge is 2.09. The van der Waals surface area contributed by atoms with Gasteiger partial charge in [0.2, 0.25) is 0 Å². The summed E-state index contributed by atoms with van der Waals surface area (Å²) in [7, 11) is 0. The third-order valence-corrected chi connectivity index (χ3v) is 3.23. The molecule has 0 atom stereocenters. The maximum Gasteiger partial charge on any atom is 0.269 e. The quantitative estimate of drug-likeness (QED) is 0.691. The number of nitrogens with zero attached hydrogens (tertiary/aromatic N) is 2. The first kappa shape index (κ1) is 13.2. The molecule has 0 bridgehead atoms. The fourth-order valence-corrected chi connectivity index (χ4v) is 2.14. The molecule has 0 fully saturated rings. The van der Waals surface area contributed by atoms with E-state index < -0.39 is 17.2 Å². The fraction of sp³-hybridized carbons (Fsp3) is 0.0833. The zero-order chi connectivity index (χ0) is 13.8. The molecule has 96 valence electrons. The van der Waals surface area contributed by atoms with Crippen molar-refractivity contribution in [3.05, 3.63) is 57.5 Å². The maximum absolute atomic E-state index is 13.4. The van der Waals surface area contributed by atoms with Crippen molar-refractivity contribution in [1.29, 1.82) is 5.26 Å². The molecule has 1 aromatic heterocycles. The van der Waals surface area contributed by atoms with Gasteiger partial charge in [-0.05, 0) is 6.07 Å². The monoisotopic (exact) mass is 279 g/mol. The summed E-state index contributed by atoms with van der Waals surface area (Å²) in [6, 6.07) is 5.58. The molecule has 1 aromatic carbocycles. The van der Waals surface area contributed by atoms with Crippen molar-refractivity contribution in [3.8, 4) is 6.07 Å². The number of nitrogens with one attached hydrogen (secondary N) is 1. The highest BCUT2D eigenvalue weighted by Crippen LogP contribution is 2.21. The van der Waals surface area contributed by atoms with E-state index >= 15 is 0 Å². The molecule has 0 unspecified atom stereocenters. The third kappa shape index (κ3) is 2.98. The SMILES string of the molecule is N#Cc1cnc(SCc2cccc(F)c2F)[nH]c1=O. The van der Waals surface area contributed by atoms with Gasteiger partial charge in [0.05, 0.1) is 6.20 Å². The topological polar surface area (TPSA) is 69.5 Å². The Hall–Kier alpha value is -2.20. The molecule has 0 aliphatic rings. The molecule has 0 aliphatic heterocycles. The van der Waals surface area contributed by atoms with E-state index in [1.165, 1.54) is 12.1 Å². The average molecular weight is 279 g/mol. The number of benzene rings is 1. The number of aromatic amines is 1. The van der Waals surface area contributed by atoms with Gasteiger partial charge in [-0.1, -0.05) is 23.9 Å². The molecule has 7 heteroatoms. The van der Waals surface area contributed by atoms with E-state index in [-0.39, 0.29) is 22.0 Å². The molecular formula is C12H7F2N3OS. The summed E-state index contributed by atoms with van der Waals surface area (Å²) in [6.07, 6.45) is 1.14. The minimum Gasteiger partial charge on any atom is -0.300 e. The second kappa shape index (κ2) is 5.63. The van der Waals surface area contributed by atoms with E-state index in [1.54, 1.807) is 6.07 Å². The summed E-state index contributed by atoms with van der Waals surface area (Å²) in [5.74, 6) is -1.70. The number of aromatic nitrogens is 2. The summed E-state index contributed by atoms with van der Waals surface area (Å²) >= 11 is 1.05. The Kier molecular flexibility index (Phi) is 3.92. The lowest BCUT2D eigenvalue weighted by atomic mass is 10.2. The number of thioether (sulfide) groups is 1. The average Bonchev–Trinajstić information content (AvgIpc) is 2.40. The van der Waals surface area contributed by atoms with Gasteiger partial charge in [-0.2, -0.15) is 5.26 Å². The van der Waals surface area contributed by atoms with E-state index in [0.29, 0.717) is 0 Å². The van der Waals surface area contributed by atoms with Gasteiger partial charge >= 0.3 is 0 Å². The molecule has 19 heavy (non-hydrogen) atoms. The van der Waals surface area contributed by atoms with Crippen LogP contribution in [0.1, 0.15) is 11.1 Å². The normalized spacial score (nSPS) is 10.2. The second-order valence-corrected chi connectivity index (χ2v) is 4.51. The molecule has 0 aliphatic carbocycles. The van der Waals surface area contributed by atoms with Crippen molar-refractivity contribution < 1.29 is 8.78 Å². The van der Waals surface area contributed by atoms with Crippen LogP contribution in [0.5, 0.6) is 0 Å². The number of rotatable bonds is 3. The van der Waals surface area contributed by atoms with Crippen LogP contribution in [0, 0.1) is 23.0 Å². The van der Waals surface area contributed by atoms with Gasteiger partial charge in [-0.3, -0.25) is 4.79 Å². The Balaban J connectivity index is 2.15. The minimum atomic E-state index is -0.917. The first-order valence-corrected chi connectivity index (χ1v) is 6.15. The van der Waals surface area contributed by atoms with E-state index in [4.69, 9.17) is 5.26 Å². The number of H-pyrrole nitrogens is 1. The summed E-state index contributed by atoms with van der Waals surface area (Å²) in [5, 5.41) is 8.82. The molecule has 0 saturated heterocycles. The minimum absolute atomic E-state index is 0.0960. The van der Waals surface area contributed by atoms with Crippen LogP contribution in [0.4, 0.5) is 8.78 Å². The van der Waals surface area contributed by atoms with Crippen LogP contribution < -0.4 is 5.56 Å². The van der Waals surface area contributed by atoms with Gasteiger partial charge in [0.25, 0.3) is 5.56 Å². The molecular weight excluding hydrogens is 272 g/mol. The smallest absolute Gasteiger partial charge is 0.269 e. The fourth-order valence-electron chi connectivity index (χ4n) is 1.34. The highest BCUT2D eigenvalue weighted by atomic mass is 32.2. The van der Waals surface area contributed by atoms with Crippen molar-refractivity contribution in [2.75, 3.05) is 0 Å². The number of hydrogen-bond acceptors (Lipinski definition) is 4. The Morgan fingerprint density at radius 3 is 2.89 bits per heavy atom. The summed E-state index contributed by atoms with van der Waals surface area (Å²) in [6.45, 7) is 0. The number of halogens is 2. The van der Waals surface area contributed by atoms with Gasteiger partial charge in [-0.25, -0.2) is 13.8 Å². The van der Waals surface area contributed by atoms with Crippen LogP contribution in [0.25, 0.3) is 0 Å². The lowest BCUT2D eigenvalue weighted by Crippen LogP contribution is -2.11. The third-order valence-electron chi connectivity index (χ3n) is 2.29. The molecule has 0 saturated carbocycles. The lowest BCUT2D eigenvalue weighted by Gasteiger charge is -2.03. The molecule has 1 heterocycles. The zero-order valence-electron chi connectivity index (χ0n) is 9.48. The van der Waals surface area contributed by atoms with Gasteiger partial charge < -0.3 is 4.98 Å². The van der Waals surface area contributed by atoms with Gasteiger partial charge in [0, 0.05) is 11.3 Å². The predicted octanol–water partition coefficient (Wildman–Crippen LogP) is 2.21. The number of hydrogen-bond donors (Lipinski definition) is 1. The lowest BCUT2D eigenvalue weighted by molar-refractivity contribution is 0.502. The maximum atomic E-state index is 13.4. The first-order chi connectivity index (χ1) is 9.11. The molecule has 2 aromatic rings. The molecule has 0 amide bonds. The van der Waals surface area contributed by atoms with E-state index in [1.807, 2.05) is 0 Å². The largest absolute Gasteiger partial charge is 0.300 e. The van der Waals surface area contributed by atoms with Gasteiger partial charge in [0.1, 0.15) is 11.6 Å². The predicted molar refractivity (Wildman–Crippen MR) is 65.5 cm³/mol. The van der Waals surface area contributed by atoms with Crippen molar-refractivity contribution in [2.24, 2.45) is 0 Å². The summed E-state index contributed by atoms with van der Waals surface area (Å²) in [5.41, 5.74) is -0.474. The first-order valence-electron chi connectivity index (χ1n) is 5.17. The Bertz CT molecular complexity index is 709. The van der Waals surface area contributed by atoms with Crippen LogP contribution in [-0.2, 0) is 5.75 Å². The number of nitriles is 1. The molecule has 2 rings (SSSR count). The summed E-state index contributed by atoms with van der Waals surface area (Å²) in [4.78, 5) is 17.6. The highest BCUT2D eigenvalue weighted by molar-refractivity contribution is 7.98. The van der Waals surface area contributed by atoms with Crippen LogP contribution >= 0.6 is 11.8 Å². The van der Waals surface area contributed by atoms with E-state index in [9.17, 15) is 13.6 Å². The van der Waals surface area contributed by atoms with Crippen LogP contribution in [-0.4, -0.2) is 9.97 Å². The second-order valence-electron chi connectivity index (χ2n) is 3.54. The molecule has 4 nitrogen and oxygen atoms in total. The van der Waals surface area contributed by atoms with Crippen molar-refractivity contribution in [1.82, 2.24) is 9.97 Å². The van der Waals surface area contributed by atoms with Crippen LogP contribution in [0.2, 0.25) is 0 Å². The van der Waals surface area contributed by atoms with Crippen molar-refractivity contribution >= 4 is 11.8 Å². The van der Waals surface area contributed by atoms with Crippen LogP contribution in [0.15, 0.2) is 34.3 Å². The van der Waals surface area contributed by atoms with Crippen molar-refractivity contribution in [3.63, 3.8) is 0 Å². The molecule has 0 spiro atoms. The van der Waals surface area contributed by atoms with Crippen molar-refractivity contribution in [2.45, 2.75) is 10.9 Å². The molecule has 0 radical (unpaired) electrons. The van der Waals surface area contributed by atoms with Crippen LogP contribution in [0.3, 0.4) is 0 Å². The van der Waals surface area contributed by atoms with E-state index in [0.717, 1.165) is 24.0 Å². The Labute approximate surface area is 111 Å².